The minimum Gasteiger partial charge on any atom is -0.489 e. The molecule has 0 unspecified atom stereocenters. The maximum atomic E-state index is 17.4. The number of benzene rings is 2. The number of pyridine rings is 1. The summed E-state index contributed by atoms with van der Waals surface area (Å²) in [5, 5.41) is 9.52. The molecule has 3 aromatic heterocycles. The number of halogens is 7. The third kappa shape index (κ3) is 4.98. The van der Waals surface area contributed by atoms with E-state index in [1.54, 1.807) is 0 Å². The van der Waals surface area contributed by atoms with Crippen LogP contribution in [0.25, 0.3) is 32.1 Å². The molecule has 5 aromatic rings. The predicted octanol–water partition coefficient (Wildman–Crippen LogP) is 7.72. The number of nitriles is 1. The Hall–Kier alpha value is -4.79. The van der Waals surface area contributed by atoms with E-state index in [0.29, 0.717) is 13.0 Å². The van der Waals surface area contributed by atoms with E-state index >= 15 is 17.6 Å². The van der Waals surface area contributed by atoms with Crippen LogP contribution in [0.2, 0.25) is 5.02 Å². The van der Waals surface area contributed by atoms with E-state index in [2.05, 4.69) is 15.0 Å². The lowest BCUT2D eigenvalue weighted by molar-refractivity contribution is 0.0647. The topological polar surface area (TPSA) is 139 Å². The van der Waals surface area contributed by atoms with Crippen molar-refractivity contribution in [3.05, 3.63) is 58.2 Å². The number of thiophene rings is 1. The molecule has 54 heavy (non-hydrogen) atoms. The zero-order valence-corrected chi connectivity index (χ0v) is 29.7. The molecule has 0 radical (unpaired) electrons. The molecule has 4 aliphatic rings. The summed E-state index contributed by atoms with van der Waals surface area (Å²) in [6.07, 6.45) is -0.405. The summed E-state index contributed by atoms with van der Waals surface area (Å²) in [6.45, 7) is 0.241. The number of fused-ring (bicyclic) bond motifs is 2. The van der Waals surface area contributed by atoms with Crippen LogP contribution in [0.1, 0.15) is 42.9 Å². The predicted molar refractivity (Wildman–Crippen MR) is 190 cm³/mol. The van der Waals surface area contributed by atoms with Gasteiger partial charge in [-0.25, -0.2) is 31.3 Å². The molecule has 0 amide bonds. The lowest BCUT2D eigenvalue weighted by Gasteiger charge is -2.33. The Morgan fingerprint density at radius 3 is 2.63 bits per heavy atom. The van der Waals surface area contributed by atoms with Gasteiger partial charge in [0, 0.05) is 35.7 Å². The molecule has 18 heteroatoms. The number of nitrogens with zero attached hydrogens (tertiary/aromatic N) is 6. The van der Waals surface area contributed by atoms with Gasteiger partial charge in [0.15, 0.2) is 11.6 Å². The van der Waals surface area contributed by atoms with Gasteiger partial charge in [-0.05, 0) is 43.5 Å². The molecule has 3 atom stereocenters. The number of alkyl halides is 4. The van der Waals surface area contributed by atoms with Gasteiger partial charge in [0.25, 0.3) is 12.3 Å². The fourth-order valence-electron chi connectivity index (χ4n) is 8.78. The molecule has 6 heterocycles. The minimum atomic E-state index is -3.06. The van der Waals surface area contributed by atoms with Crippen molar-refractivity contribution in [3.63, 3.8) is 0 Å². The van der Waals surface area contributed by atoms with Crippen LogP contribution in [0, 0.1) is 28.4 Å². The average Bonchev–Trinajstić information content (AvgIpc) is 3.38. The van der Waals surface area contributed by atoms with Crippen LogP contribution in [-0.2, 0) is 0 Å². The van der Waals surface area contributed by atoms with Gasteiger partial charge in [0.1, 0.15) is 53.3 Å². The fourth-order valence-corrected chi connectivity index (χ4v) is 10.1. The molecule has 1 aliphatic carbocycles. The average molecular weight is 787 g/mol. The highest BCUT2D eigenvalue weighted by Crippen LogP contribution is 2.69. The van der Waals surface area contributed by atoms with Crippen LogP contribution in [0.3, 0.4) is 0 Å². The third-order valence-electron chi connectivity index (χ3n) is 11.3. The minimum absolute atomic E-state index is 0.00667. The van der Waals surface area contributed by atoms with Crippen LogP contribution in [0.15, 0.2) is 30.5 Å². The first kappa shape index (κ1) is 34.9. The third-order valence-corrected chi connectivity index (χ3v) is 12.7. The van der Waals surface area contributed by atoms with E-state index in [4.69, 9.17) is 32.5 Å². The van der Waals surface area contributed by atoms with E-state index in [0.717, 1.165) is 23.8 Å². The lowest BCUT2D eigenvalue weighted by atomic mass is 9.89. The molecule has 3 fully saturated rings. The standard InChI is InChI=1S/C36H29ClF6N8O2S/c37-23-21(16-4-5-19(38)28-20(16)18(11-44)31(46)54-28)24(39)25-22-27(23)52-10-9-51(26(29(40)41)17-3-1-7-47-30(17)45)32(22)49-33(48-25)53-15-35-6-2-8-50(35)14-34(12-35)13-36(34,42)43/h1,3-5,7,26,29H,2,6,8-10,12-15,46H2,(H2,45,47)/t26-,34-,35-/m0/s1. The molecular weight excluding hydrogens is 758 g/mol. The molecule has 2 saturated heterocycles. The number of nitrogen functional groups attached to an aromatic ring is 2. The zero-order chi connectivity index (χ0) is 37.9. The van der Waals surface area contributed by atoms with Crippen molar-refractivity contribution >= 4 is 60.6 Å². The molecule has 1 spiro atoms. The van der Waals surface area contributed by atoms with Gasteiger partial charge >= 0.3 is 6.01 Å². The highest BCUT2D eigenvalue weighted by molar-refractivity contribution is 7.23. The number of anilines is 3. The Morgan fingerprint density at radius 1 is 1.11 bits per heavy atom. The smallest absolute Gasteiger partial charge is 0.319 e. The van der Waals surface area contributed by atoms with E-state index in [9.17, 15) is 14.0 Å². The molecule has 0 bridgehead atoms. The number of ether oxygens (including phenoxy) is 2. The van der Waals surface area contributed by atoms with Crippen molar-refractivity contribution in [2.45, 2.75) is 49.6 Å². The van der Waals surface area contributed by atoms with Crippen molar-refractivity contribution in [3.8, 4) is 29.0 Å². The second-order valence-electron chi connectivity index (χ2n) is 14.3. The molecule has 9 rings (SSSR count). The van der Waals surface area contributed by atoms with Gasteiger partial charge in [0.2, 0.25) is 0 Å². The fraction of sp³-hybridized carbons (Fsp3) is 0.389. The van der Waals surface area contributed by atoms with E-state index in [-0.39, 0.29) is 104 Å². The van der Waals surface area contributed by atoms with Gasteiger partial charge in [-0.1, -0.05) is 23.7 Å². The van der Waals surface area contributed by atoms with Crippen molar-refractivity contribution in [2.24, 2.45) is 5.41 Å². The first-order valence-corrected chi connectivity index (χ1v) is 18.3. The van der Waals surface area contributed by atoms with Gasteiger partial charge in [-0.15, -0.1) is 11.3 Å². The largest absolute Gasteiger partial charge is 0.489 e. The number of hydrogen-bond acceptors (Lipinski definition) is 11. The van der Waals surface area contributed by atoms with Crippen molar-refractivity contribution in [1.29, 1.82) is 5.26 Å². The number of rotatable bonds is 7. The number of nitrogens with two attached hydrogens (primary N) is 2. The van der Waals surface area contributed by atoms with Gasteiger partial charge in [0.05, 0.1) is 38.2 Å². The molecule has 280 valence electrons. The van der Waals surface area contributed by atoms with Crippen LogP contribution in [0.5, 0.6) is 11.8 Å². The Balaban J connectivity index is 1.26. The quantitative estimate of drug-likeness (QED) is 0.158. The van der Waals surface area contributed by atoms with Crippen LogP contribution < -0.4 is 25.8 Å². The summed E-state index contributed by atoms with van der Waals surface area (Å²) in [5.41, 5.74) is 9.43. The molecule has 2 aromatic carbocycles. The summed E-state index contributed by atoms with van der Waals surface area (Å²) < 4.78 is 104. The molecule has 1 saturated carbocycles. The summed E-state index contributed by atoms with van der Waals surface area (Å²) >= 11 is 7.78. The van der Waals surface area contributed by atoms with E-state index in [1.807, 2.05) is 11.0 Å². The Labute approximate surface area is 312 Å². The first-order valence-electron chi connectivity index (χ1n) is 17.1. The van der Waals surface area contributed by atoms with Gasteiger partial charge in [-0.2, -0.15) is 15.2 Å². The number of aromatic nitrogens is 3. The second kappa shape index (κ2) is 12.1. The summed E-state index contributed by atoms with van der Waals surface area (Å²) in [5.74, 6) is -5.06. The van der Waals surface area contributed by atoms with E-state index in [1.165, 1.54) is 29.3 Å². The number of hydrogen-bond donors (Lipinski definition) is 2. The monoisotopic (exact) mass is 786 g/mol. The maximum Gasteiger partial charge on any atom is 0.319 e. The molecular formula is C36H29ClF6N8O2S. The van der Waals surface area contributed by atoms with Gasteiger partial charge in [-0.3, -0.25) is 4.90 Å². The zero-order valence-electron chi connectivity index (χ0n) is 28.1. The summed E-state index contributed by atoms with van der Waals surface area (Å²) in [6, 6.07) is 5.00. The molecule has 4 N–H and O–H groups in total. The highest BCUT2D eigenvalue weighted by atomic mass is 35.5. The highest BCUT2D eigenvalue weighted by Gasteiger charge is 2.77. The first-order chi connectivity index (χ1) is 25.8. The van der Waals surface area contributed by atoms with Crippen LogP contribution in [0.4, 0.5) is 43.0 Å². The SMILES string of the molecule is N#Cc1c(N)sc2c(F)ccc(-c3c(Cl)c4c5c(nc(OC[C@@]67CCCN6C[C@@]6(CC6(F)F)C7)nc5c3F)N([C@@H](c3cccnc3N)C(F)F)CCO4)c12. The van der Waals surface area contributed by atoms with Crippen LogP contribution in [-0.4, -0.2) is 70.6 Å². The Bertz CT molecular complexity index is 2450. The van der Waals surface area contributed by atoms with Crippen LogP contribution >= 0.6 is 22.9 Å². The Kier molecular flexibility index (Phi) is 7.83. The van der Waals surface area contributed by atoms with Crippen molar-refractivity contribution in [2.75, 3.05) is 49.2 Å². The second-order valence-corrected chi connectivity index (χ2v) is 15.7. The lowest BCUT2D eigenvalue weighted by Crippen LogP contribution is -2.43. The maximum absolute atomic E-state index is 17.4. The van der Waals surface area contributed by atoms with Crippen molar-refractivity contribution < 1.29 is 35.8 Å². The Morgan fingerprint density at radius 2 is 1.91 bits per heavy atom. The summed E-state index contributed by atoms with van der Waals surface area (Å²) in [4.78, 5) is 16.2. The normalized spacial score (nSPS) is 23.5. The molecule has 10 nitrogen and oxygen atoms in total. The summed E-state index contributed by atoms with van der Waals surface area (Å²) in [7, 11) is 0. The van der Waals surface area contributed by atoms with E-state index < -0.39 is 52.5 Å². The van der Waals surface area contributed by atoms with Gasteiger partial charge < -0.3 is 25.8 Å². The van der Waals surface area contributed by atoms with Crippen molar-refractivity contribution in [1.82, 2.24) is 19.9 Å². The molecule has 3 aliphatic heterocycles.